The molecule has 3 saturated heterocycles. The number of carbonyl (C=O) groups is 3. The fraction of sp³-hybridized carbons (Fsp3) is 0.500. The van der Waals surface area contributed by atoms with Crippen LogP contribution >= 0.6 is 0 Å². The maximum atomic E-state index is 13.3. The molecule has 1 aromatic carbocycles. The Morgan fingerprint density at radius 1 is 1.16 bits per heavy atom. The summed E-state index contributed by atoms with van der Waals surface area (Å²) in [5, 5.41) is 24.7. The van der Waals surface area contributed by atoms with Crippen LogP contribution in [-0.4, -0.2) is 109 Å². The highest BCUT2D eigenvalue weighted by Crippen LogP contribution is 2.53. The van der Waals surface area contributed by atoms with E-state index >= 15 is 0 Å². The van der Waals surface area contributed by atoms with Crippen molar-refractivity contribution in [3.63, 3.8) is 0 Å². The molecule has 6 rings (SSSR count). The number of ether oxygens (including phenoxy) is 5. The average Bonchev–Trinajstić information content (AvgIpc) is 3.74. The highest BCUT2D eigenvalue weighted by Gasteiger charge is 2.75. The Balaban J connectivity index is 1.20. The number of aliphatic hydroxyl groups is 2. The number of amides is 2. The third-order valence-corrected chi connectivity index (χ3v) is 8.32. The van der Waals surface area contributed by atoms with Gasteiger partial charge in [-0.05, 0) is 12.5 Å². The molecule has 2 amide bonds. The Hall–Kier alpha value is -4.22. The van der Waals surface area contributed by atoms with Gasteiger partial charge in [-0.2, -0.15) is 0 Å². The summed E-state index contributed by atoms with van der Waals surface area (Å²) in [7, 11) is 2.65. The lowest BCUT2D eigenvalue weighted by atomic mass is 9.86. The van der Waals surface area contributed by atoms with E-state index < -0.39 is 59.9 Å². The molecule has 5 heterocycles. The molecular formula is C28H32N6O10. The van der Waals surface area contributed by atoms with Gasteiger partial charge in [0.1, 0.15) is 31.2 Å². The summed E-state index contributed by atoms with van der Waals surface area (Å²) < 4.78 is 29.6. The molecule has 0 radical (unpaired) electrons. The second-order valence-electron chi connectivity index (χ2n) is 10.8. The van der Waals surface area contributed by atoms with Crippen molar-refractivity contribution in [2.45, 2.75) is 68.3 Å². The molecule has 3 N–H and O–H groups in total. The highest BCUT2D eigenvalue weighted by molar-refractivity contribution is 6.09. The molecule has 3 aromatic rings. The van der Waals surface area contributed by atoms with Crippen LogP contribution in [0.2, 0.25) is 0 Å². The smallest absolute Gasteiger partial charge is 0.413 e. The zero-order chi connectivity index (χ0) is 31.2. The van der Waals surface area contributed by atoms with Gasteiger partial charge in [-0.25, -0.2) is 24.5 Å². The fourth-order valence-corrected chi connectivity index (χ4v) is 6.14. The number of hydrogen-bond acceptors (Lipinski definition) is 13. The minimum Gasteiger partial charge on any atom is -0.466 e. The molecule has 3 fully saturated rings. The molecule has 2 aromatic heterocycles. The van der Waals surface area contributed by atoms with Gasteiger partial charge in [0.25, 0.3) is 11.5 Å². The molecule has 0 spiro atoms. The van der Waals surface area contributed by atoms with Gasteiger partial charge in [-0.3, -0.25) is 14.7 Å². The number of fused-ring (bicyclic) bond motifs is 3. The molecule has 234 valence electrons. The van der Waals surface area contributed by atoms with Crippen LogP contribution in [0.3, 0.4) is 0 Å². The van der Waals surface area contributed by atoms with Gasteiger partial charge in [0.05, 0.1) is 19.5 Å². The lowest BCUT2D eigenvalue weighted by molar-refractivity contribution is -0.181. The summed E-state index contributed by atoms with van der Waals surface area (Å²) in [4.78, 5) is 52.5. The number of imidazole rings is 1. The second-order valence-corrected chi connectivity index (χ2v) is 10.8. The molecule has 0 unspecified atom stereocenters. The van der Waals surface area contributed by atoms with Crippen molar-refractivity contribution < 1.29 is 48.3 Å². The molecule has 16 heteroatoms. The molecule has 0 aliphatic carbocycles. The Morgan fingerprint density at radius 3 is 2.66 bits per heavy atom. The fourth-order valence-electron chi connectivity index (χ4n) is 6.14. The normalized spacial score (nSPS) is 31.1. The third-order valence-electron chi connectivity index (χ3n) is 8.32. The van der Waals surface area contributed by atoms with Crippen LogP contribution in [0.25, 0.3) is 11.2 Å². The van der Waals surface area contributed by atoms with Crippen LogP contribution in [0, 0.1) is 0 Å². The molecule has 3 aliphatic rings. The number of nitrogens with zero attached hydrogens (tertiary/aromatic N) is 5. The van der Waals surface area contributed by atoms with E-state index in [1.54, 1.807) is 6.92 Å². The van der Waals surface area contributed by atoms with E-state index in [2.05, 4.69) is 20.3 Å². The van der Waals surface area contributed by atoms with E-state index in [0.29, 0.717) is 0 Å². The van der Waals surface area contributed by atoms with Crippen LogP contribution < -0.4 is 5.32 Å². The van der Waals surface area contributed by atoms with Crippen molar-refractivity contribution in [1.29, 1.82) is 0 Å². The Bertz CT molecular complexity index is 1570. The minimum absolute atomic E-state index is 0.0504. The summed E-state index contributed by atoms with van der Waals surface area (Å²) in [6.45, 7) is 2.01. The van der Waals surface area contributed by atoms with Crippen LogP contribution in [0.1, 0.15) is 31.6 Å². The van der Waals surface area contributed by atoms with Crippen molar-refractivity contribution >= 4 is 35.0 Å². The number of esters is 1. The standard InChI is InChI=1S/C28H32N6O10/c1-4-41-17-11-27(33(2)24(37)28(17,44-27)25(38)40-3)10-16-19(35)20(36)23(43-16)34-14-31-18-21(29-13-30-22(18)34)32-26(39)42-12-15-8-6-5-7-9-15/h5-9,13-14,16-17,19-20,23,35-36H,4,10-12H2,1-3H3,(H,29,30,32,39)/t16-,17-,19-,20-,23-,27-,28+/m1/s1. The second kappa shape index (κ2) is 11.4. The zero-order valence-corrected chi connectivity index (χ0v) is 24.2. The van der Waals surface area contributed by atoms with E-state index in [1.165, 1.54) is 29.2 Å². The van der Waals surface area contributed by atoms with Gasteiger partial charge in [-0.1, -0.05) is 30.3 Å². The number of benzene rings is 1. The Kier molecular flexibility index (Phi) is 7.71. The van der Waals surface area contributed by atoms with Crippen molar-refractivity contribution in [2.24, 2.45) is 0 Å². The van der Waals surface area contributed by atoms with Crippen LogP contribution in [0.4, 0.5) is 10.6 Å². The van der Waals surface area contributed by atoms with Gasteiger partial charge in [0.2, 0.25) is 0 Å². The van der Waals surface area contributed by atoms with Crippen LogP contribution in [-0.2, 0) is 39.9 Å². The van der Waals surface area contributed by atoms with Crippen molar-refractivity contribution in [1.82, 2.24) is 24.4 Å². The monoisotopic (exact) mass is 612 g/mol. The van der Waals surface area contributed by atoms with Crippen LogP contribution in [0.5, 0.6) is 0 Å². The number of methoxy groups -OCH3 is 1. The molecule has 44 heavy (non-hydrogen) atoms. The number of likely N-dealkylation sites (tertiary alicyclic amines) is 1. The van der Waals surface area contributed by atoms with E-state index in [9.17, 15) is 24.6 Å². The van der Waals surface area contributed by atoms with E-state index in [4.69, 9.17) is 23.7 Å². The van der Waals surface area contributed by atoms with Gasteiger partial charge < -0.3 is 38.8 Å². The zero-order valence-electron chi connectivity index (χ0n) is 24.2. The summed E-state index contributed by atoms with van der Waals surface area (Å²) in [5.74, 6) is -1.43. The molecule has 2 bridgehead atoms. The number of aliphatic hydroxyl groups excluding tert-OH is 2. The summed E-state index contributed by atoms with van der Waals surface area (Å²) in [6.07, 6.45) is -4.14. The molecular weight excluding hydrogens is 580 g/mol. The Labute approximate surface area is 250 Å². The van der Waals surface area contributed by atoms with Crippen LogP contribution in [0.15, 0.2) is 43.0 Å². The predicted octanol–water partition coefficient (Wildman–Crippen LogP) is 0.490. The number of aromatic nitrogens is 4. The maximum Gasteiger partial charge on any atom is 0.413 e. The first-order valence-electron chi connectivity index (χ1n) is 14.0. The first kappa shape index (κ1) is 29.8. The number of rotatable bonds is 9. The maximum absolute atomic E-state index is 13.3. The molecule has 0 saturated carbocycles. The third kappa shape index (κ3) is 4.66. The molecule has 16 nitrogen and oxygen atoms in total. The largest absolute Gasteiger partial charge is 0.466 e. The number of nitrogens with one attached hydrogen (secondary N) is 1. The van der Waals surface area contributed by atoms with Crippen molar-refractivity contribution in [3.8, 4) is 0 Å². The van der Waals surface area contributed by atoms with Gasteiger partial charge >= 0.3 is 12.1 Å². The number of anilines is 1. The first-order chi connectivity index (χ1) is 21.1. The minimum atomic E-state index is -1.98. The van der Waals surface area contributed by atoms with Gasteiger partial charge in [0.15, 0.2) is 28.9 Å². The average molecular weight is 613 g/mol. The number of piperidine rings is 1. The molecule has 3 aliphatic heterocycles. The van der Waals surface area contributed by atoms with Crippen molar-refractivity contribution in [3.05, 3.63) is 48.5 Å². The number of hydrogen-bond donors (Lipinski definition) is 3. The summed E-state index contributed by atoms with van der Waals surface area (Å²) >= 11 is 0. The summed E-state index contributed by atoms with van der Waals surface area (Å²) in [6, 6.07) is 9.16. The summed E-state index contributed by atoms with van der Waals surface area (Å²) in [5.41, 5.74) is -2.15. The topological polar surface area (TPSA) is 197 Å². The van der Waals surface area contributed by atoms with E-state index in [1.807, 2.05) is 30.3 Å². The Morgan fingerprint density at radius 2 is 1.93 bits per heavy atom. The predicted molar refractivity (Wildman–Crippen MR) is 147 cm³/mol. The quantitative estimate of drug-likeness (QED) is 0.223. The van der Waals surface area contributed by atoms with Crippen molar-refractivity contribution in [2.75, 3.05) is 26.1 Å². The van der Waals surface area contributed by atoms with Gasteiger partial charge in [0, 0.05) is 26.5 Å². The lowest BCUT2D eigenvalue weighted by Crippen LogP contribution is -2.60. The first-order valence-corrected chi connectivity index (χ1v) is 14.0. The SMILES string of the molecule is CCO[C@@H]1C[C@@]2(C[C@H]3O[C@@H](n4cnc5c(NC(=O)OCc6ccccc6)ncnc54)[C@H](O)[C@@H]3O)O[C@]1(C(=O)OC)C(=O)N2C. The highest BCUT2D eigenvalue weighted by atomic mass is 16.6. The lowest BCUT2D eigenvalue weighted by Gasteiger charge is -2.37. The van der Waals surface area contributed by atoms with Gasteiger partial charge in [-0.15, -0.1) is 0 Å². The molecule has 7 atom stereocenters. The van der Waals surface area contributed by atoms with E-state index in [-0.39, 0.29) is 43.0 Å². The number of carbonyl (C=O) groups excluding carboxylic acids is 3. The van der Waals surface area contributed by atoms with E-state index in [0.717, 1.165) is 12.7 Å². The number of likely N-dealkylation sites (N-methyl/N-ethyl adjacent to an activating group) is 1.